The summed E-state index contributed by atoms with van der Waals surface area (Å²) >= 11 is 0. The smallest absolute Gasteiger partial charge is 0.276 e. The van der Waals surface area contributed by atoms with E-state index in [0.717, 1.165) is 25.1 Å². The summed E-state index contributed by atoms with van der Waals surface area (Å²) in [6.07, 6.45) is 6.83. The van der Waals surface area contributed by atoms with E-state index in [1.165, 1.54) is 15.8 Å². The van der Waals surface area contributed by atoms with Crippen LogP contribution < -0.4 is 21.1 Å². The van der Waals surface area contributed by atoms with Crippen molar-refractivity contribution < 1.29 is 9.90 Å². The number of fused-ring (bicyclic) bond motifs is 3. The average molecular weight is 544 g/mol. The molecule has 4 heterocycles. The number of rotatable bonds is 7. The van der Waals surface area contributed by atoms with Crippen molar-refractivity contribution in [2.45, 2.75) is 53.7 Å². The molecule has 1 aliphatic heterocycles. The van der Waals surface area contributed by atoms with Gasteiger partial charge in [0.15, 0.2) is 0 Å². The number of amidine groups is 1. The lowest BCUT2D eigenvalue weighted by Crippen LogP contribution is -2.41. The lowest BCUT2D eigenvalue weighted by molar-refractivity contribution is 0.0962. The van der Waals surface area contributed by atoms with Crippen LogP contribution in [0.2, 0.25) is 0 Å². The fourth-order valence-corrected chi connectivity index (χ4v) is 5.93. The van der Waals surface area contributed by atoms with Crippen LogP contribution in [0.5, 0.6) is 0 Å². The monoisotopic (exact) mass is 543 g/mol. The Morgan fingerprint density at radius 3 is 2.73 bits per heavy atom. The number of allylic oxidation sites excluding steroid dienone is 1. The zero-order chi connectivity index (χ0) is 28.8. The number of aliphatic hydroxyl groups excluding tert-OH is 1. The van der Waals surface area contributed by atoms with Crippen LogP contribution >= 0.6 is 0 Å². The predicted molar refractivity (Wildman–Crippen MR) is 157 cm³/mol. The van der Waals surface area contributed by atoms with E-state index in [-0.39, 0.29) is 35.0 Å². The molecule has 10 heteroatoms. The molecule has 0 aromatic carbocycles. The summed E-state index contributed by atoms with van der Waals surface area (Å²) < 4.78 is 3.59. The van der Waals surface area contributed by atoms with Crippen molar-refractivity contribution >= 4 is 23.2 Å². The minimum absolute atomic E-state index is 0.0719. The first-order valence-corrected chi connectivity index (χ1v) is 13.6. The fourth-order valence-electron chi connectivity index (χ4n) is 5.93. The van der Waals surface area contributed by atoms with Crippen molar-refractivity contribution in [3.05, 3.63) is 75.2 Å². The van der Waals surface area contributed by atoms with E-state index < -0.39 is 0 Å². The number of carbonyl (C=O) groups is 1. The Hall–Kier alpha value is -4.18. The van der Waals surface area contributed by atoms with E-state index in [2.05, 4.69) is 34.0 Å². The second-order valence-corrected chi connectivity index (χ2v) is 11.4. The number of pyridine rings is 2. The maximum absolute atomic E-state index is 13.7. The standard InChI is InChI=1S/C30H37N7O3/c1-6-32-18(2)11-26(31)34-23-12-20(16-35(5)28(23)39)21-7-8-33-27(22(21)17-38)37-10-9-36-24(29(37)40)13-19-14-30(3,4)15-25(19)36/h7-8,11-13,16,32,38H,6,9-10,14-15,17H2,1-5H3,(H2,31,34)/b18-11-. The largest absolute Gasteiger partial charge is 0.392 e. The molecule has 0 saturated heterocycles. The highest BCUT2D eigenvalue weighted by Crippen LogP contribution is 2.40. The number of hydrogen-bond donors (Lipinski definition) is 4. The summed E-state index contributed by atoms with van der Waals surface area (Å²) in [5, 5.41) is 24.8. The summed E-state index contributed by atoms with van der Waals surface area (Å²) in [5.41, 5.74) is 5.94. The molecule has 0 saturated carbocycles. The quantitative estimate of drug-likeness (QED) is 0.267. The summed E-state index contributed by atoms with van der Waals surface area (Å²) in [5.74, 6) is 0.359. The molecule has 0 unspecified atom stereocenters. The van der Waals surface area contributed by atoms with Gasteiger partial charge in [-0.15, -0.1) is 0 Å². The number of aryl methyl sites for hydroxylation is 1. The Morgan fingerprint density at radius 2 is 2.00 bits per heavy atom. The van der Waals surface area contributed by atoms with Crippen molar-refractivity contribution in [3.8, 4) is 11.1 Å². The predicted octanol–water partition coefficient (Wildman–Crippen LogP) is 3.43. The number of aromatic nitrogens is 3. The molecule has 0 fully saturated rings. The van der Waals surface area contributed by atoms with Crippen LogP contribution in [0.1, 0.15) is 55.0 Å². The van der Waals surface area contributed by atoms with Crippen LogP contribution in [0.3, 0.4) is 0 Å². The van der Waals surface area contributed by atoms with Crippen molar-refractivity contribution in [1.29, 1.82) is 5.41 Å². The molecule has 210 valence electrons. The molecule has 0 radical (unpaired) electrons. The number of aliphatic hydroxyl groups is 1. The topological polar surface area (TPSA) is 128 Å². The van der Waals surface area contributed by atoms with Crippen LogP contribution in [-0.4, -0.2) is 44.1 Å². The van der Waals surface area contributed by atoms with Gasteiger partial charge in [0.25, 0.3) is 11.5 Å². The van der Waals surface area contributed by atoms with Gasteiger partial charge in [0.1, 0.15) is 23.0 Å². The first-order valence-electron chi connectivity index (χ1n) is 13.6. The SMILES string of the molecule is CCN/C(C)=C\C(=N)Nc1cc(-c2ccnc(N3CCn4c(cc5c4CC(C)(C)C5)C3=O)c2CO)cn(C)c1=O. The first kappa shape index (κ1) is 27.4. The zero-order valence-corrected chi connectivity index (χ0v) is 23.8. The van der Waals surface area contributed by atoms with Crippen LogP contribution in [0, 0.1) is 10.8 Å². The molecule has 0 atom stereocenters. The lowest BCUT2D eigenvalue weighted by Gasteiger charge is -2.31. The zero-order valence-electron chi connectivity index (χ0n) is 23.8. The normalized spacial score (nSPS) is 16.1. The third kappa shape index (κ3) is 4.95. The maximum Gasteiger partial charge on any atom is 0.276 e. The van der Waals surface area contributed by atoms with Gasteiger partial charge in [0.2, 0.25) is 0 Å². The molecule has 10 nitrogen and oxygen atoms in total. The molecule has 40 heavy (non-hydrogen) atoms. The van der Waals surface area contributed by atoms with Gasteiger partial charge in [-0.05, 0) is 67.5 Å². The number of anilines is 2. The Bertz CT molecular complexity index is 1600. The highest BCUT2D eigenvalue weighted by atomic mass is 16.3. The summed E-state index contributed by atoms with van der Waals surface area (Å²) in [7, 11) is 1.64. The molecular weight excluding hydrogens is 506 g/mol. The maximum atomic E-state index is 13.7. The minimum atomic E-state index is -0.333. The third-order valence-corrected chi connectivity index (χ3v) is 7.65. The highest BCUT2D eigenvalue weighted by molar-refractivity contribution is 6.06. The molecule has 2 aliphatic rings. The van der Waals surface area contributed by atoms with Crippen molar-refractivity contribution in [2.75, 3.05) is 23.3 Å². The molecule has 0 bridgehead atoms. The van der Waals surface area contributed by atoms with Gasteiger partial charge in [0.05, 0.1) is 6.61 Å². The Kier molecular flexibility index (Phi) is 7.14. The summed E-state index contributed by atoms with van der Waals surface area (Å²) in [6, 6.07) is 5.46. The van der Waals surface area contributed by atoms with Crippen molar-refractivity contribution in [3.63, 3.8) is 0 Å². The van der Waals surface area contributed by atoms with Crippen LogP contribution in [0.25, 0.3) is 11.1 Å². The van der Waals surface area contributed by atoms with Gasteiger partial charge in [-0.3, -0.25) is 19.9 Å². The van der Waals surface area contributed by atoms with E-state index in [0.29, 0.717) is 41.3 Å². The van der Waals surface area contributed by atoms with Gasteiger partial charge in [-0.1, -0.05) is 13.8 Å². The Morgan fingerprint density at radius 1 is 1.23 bits per heavy atom. The summed E-state index contributed by atoms with van der Waals surface area (Å²) in [4.78, 5) is 32.8. The Balaban J connectivity index is 1.49. The number of nitrogens with one attached hydrogen (secondary N) is 3. The molecule has 5 rings (SSSR count). The van der Waals surface area contributed by atoms with E-state index >= 15 is 0 Å². The fraction of sp³-hybridized carbons (Fsp3) is 0.400. The van der Waals surface area contributed by atoms with Gasteiger partial charge in [-0.2, -0.15) is 0 Å². The molecule has 3 aromatic rings. The lowest BCUT2D eigenvalue weighted by atomic mass is 9.90. The van der Waals surface area contributed by atoms with E-state index in [4.69, 9.17) is 5.41 Å². The number of amides is 1. The van der Waals surface area contributed by atoms with E-state index in [1.807, 2.05) is 19.9 Å². The van der Waals surface area contributed by atoms with E-state index in [9.17, 15) is 14.7 Å². The highest BCUT2D eigenvalue weighted by Gasteiger charge is 2.37. The molecule has 1 aliphatic carbocycles. The van der Waals surface area contributed by atoms with E-state index in [1.54, 1.807) is 42.6 Å². The first-order chi connectivity index (χ1) is 19.0. The minimum Gasteiger partial charge on any atom is -0.392 e. The van der Waals surface area contributed by atoms with Crippen molar-refractivity contribution in [1.82, 2.24) is 19.4 Å². The number of nitrogens with zero attached hydrogens (tertiary/aromatic N) is 4. The van der Waals surface area contributed by atoms with Gasteiger partial charge >= 0.3 is 0 Å². The molecular formula is C30H37N7O3. The molecule has 0 spiro atoms. The third-order valence-electron chi connectivity index (χ3n) is 7.65. The van der Waals surface area contributed by atoms with Crippen molar-refractivity contribution in [2.24, 2.45) is 12.5 Å². The molecule has 4 N–H and O–H groups in total. The molecule has 3 aromatic heterocycles. The molecule has 1 amide bonds. The number of hydrogen-bond acceptors (Lipinski definition) is 6. The van der Waals surface area contributed by atoms with Gasteiger partial charge in [-0.25, -0.2) is 4.98 Å². The van der Waals surface area contributed by atoms with Crippen LogP contribution in [0.15, 0.2) is 47.2 Å². The second-order valence-electron chi connectivity index (χ2n) is 11.4. The van der Waals surface area contributed by atoms with Gasteiger partial charge < -0.3 is 24.9 Å². The van der Waals surface area contributed by atoms with Gasteiger partial charge in [0, 0.05) is 61.6 Å². The summed E-state index contributed by atoms with van der Waals surface area (Å²) in [6.45, 7) is 9.84. The van der Waals surface area contributed by atoms with Crippen LogP contribution in [0.4, 0.5) is 11.5 Å². The Labute approximate surface area is 233 Å². The number of carbonyl (C=O) groups excluding carboxylic acids is 1. The average Bonchev–Trinajstić information content (AvgIpc) is 3.38. The van der Waals surface area contributed by atoms with Crippen LogP contribution in [-0.2, 0) is 33.0 Å². The second kappa shape index (κ2) is 10.4.